The standard InChI is InChI=1S/C16H16N4O3/c1-11(13-4-3-5-15(10-13)17-12(2)21)18-19-14-6-8-16(9-7-14)20(22)23/h3-10,19H,1-2H3,(H,17,21). The summed E-state index contributed by atoms with van der Waals surface area (Å²) < 4.78 is 0. The quantitative estimate of drug-likeness (QED) is 0.502. The van der Waals surface area contributed by atoms with Crippen LogP contribution in [0.5, 0.6) is 0 Å². The predicted octanol–water partition coefficient (Wildman–Crippen LogP) is 3.39. The molecular formula is C16H16N4O3. The van der Waals surface area contributed by atoms with Crippen LogP contribution in [0.15, 0.2) is 53.6 Å². The molecule has 7 nitrogen and oxygen atoms in total. The monoisotopic (exact) mass is 312 g/mol. The minimum absolute atomic E-state index is 0.0271. The Labute approximate surface area is 133 Å². The van der Waals surface area contributed by atoms with Gasteiger partial charge in [-0.1, -0.05) is 12.1 Å². The summed E-state index contributed by atoms with van der Waals surface area (Å²) in [5, 5.41) is 17.6. The largest absolute Gasteiger partial charge is 0.326 e. The van der Waals surface area contributed by atoms with E-state index in [0.717, 1.165) is 11.3 Å². The van der Waals surface area contributed by atoms with E-state index in [9.17, 15) is 14.9 Å². The molecule has 2 aromatic carbocycles. The van der Waals surface area contributed by atoms with Crippen LogP contribution < -0.4 is 10.7 Å². The summed E-state index contributed by atoms with van der Waals surface area (Å²) in [4.78, 5) is 21.2. The molecule has 1 amide bonds. The Kier molecular flexibility index (Phi) is 5.03. The van der Waals surface area contributed by atoms with Gasteiger partial charge in [0.25, 0.3) is 5.69 Å². The van der Waals surface area contributed by atoms with Crippen molar-refractivity contribution in [2.45, 2.75) is 13.8 Å². The average molecular weight is 312 g/mol. The van der Waals surface area contributed by atoms with Crippen LogP contribution >= 0.6 is 0 Å². The Bertz CT molecular complexity index is 754. The van der Waals surface area contributed by atoms with Crippen molar-refractivity contribution in [3.8, 4) is 0 Å². The van der Waals surface area contributed by atoms with Crippen molar-refractivity contribution in [1.29, 1.82) is 0 Å². The molecule has 0 aliphatic rings. The first-order valence-electron chi connectivity index (χ1n) is 6.88. The number of hydrogen-bond acceptors (Lipinski definition) is 5. The van der Waals surface area contributed by atoms with Crippen molar-refractivity contribution < 1.29 is 9.72 Å². The molecule has 0 bridgehead atoms. The molecule has 0 aromatic heterocycles. The Hall–Kier alpha value is -3.22. The van der Waals surface area contributed by atoms with Gasteiger partial charge in [-0.15, -0.1) is 0 Å². The zero-order chi connectivity index (χ0) is 16.8. The number of amides is 1. The second-order valence-electron chi connectivity index (χ2n) is 4.87. The van der Waals surface area contributed by atoms with Crippen molar-refractivity contribution in [2.75, 3.05) is 10.7 Å². The molecule has 0 heterocycles. The van der Waals surface area contributed by atoms with Crippen molar-refractivity contribution >= 4 is 28.7 Å². The molecule has 0 unspecified atom stereocenters. The molecular weight excluding hydrogens is 296 g/mol. The van der Waals surface area contributed by atoms with Gasteiger partial charge in [-0.25, -0.2) is 0 Å². The highest BCUT2D eigenvalue weighted by atomic mass is 16.6. The van der Waals surface area contributed by atoms with E-state index >= 15 is 0 Å². The molecule has 23 heavy (non-hydrogen) atoms. The normalized spacial score (nSPS) is 11.0. The lowest BCUT2D eigenvalue weighted by Gasteiger charge is -2.06. The van der Waals surface area contributed by atoms with E-state index in [0.29, 0.717) is 11.4 Å². The molecule has 0 atom stereocenters. The summed E-state index contributed by atoms with van der Waals surface area (Å²) in [6.45, 7) is 3.27. The fraction of sp³-hybridized carbons (Fsp3) is 0.125. The fourth-order valence-corrected chi connectivity index (χ4v) is 1.90. The number of hydrogen-bond donors (Lipinski definition) is 2. The topological polar surface area (TPSA) is 96.6 Å². The van der Waals surface area contributed by atoms with Gasteiger partial charge in [-0.2, -0.15) is 5.10 Å². The molecule has 0 aliphatic heterocycles. The third-order valence-corrected chi connectivity index (χ3v) is 3.03. The maximum atomic E-state index is 11.1. The first kappa shape index (κ1) is 16.2. The molecule has 0 saturated heterocycles. The summed E-state index contributed by atoms with van der Waals surface area (Å²) in [6.07, 6.45) is 0. The second kappa shape index (κ2) is 7.17. The lowest BCUT2D eigenvalue weighted by Crippen LogP contribution is -2.07. The highest BCUT2D eigenvalue weighted by Gasteiger charge is 2.04. The number of non-ortho nitro benzene ring substituents is 1. The van der Waals surface area contributed by atoms with Gasteiger partial charge in [0, 0.05) is 24.7 Å². The number of carbonyl (C=O) groups is 1. The minimum atomic E-state index is -0.453. The number of anilines is 2. The number of nitro groups is 1. The van der Waals surface area contributed by atoms with Crippen molar-refractivity contribution in [1.82, 2.24) is 0 Å². The number of nitro benzene ring substituents is 1. The van der Waals surface area contributed by atoms with Crippen LogP contribution in [0.3, 0.4) is 0 Å². The van der Waals surface area contributed by atoms with E-state index in [1.807, 2.05) is 25.1 Å². The Morgan fingerprint density at radius 1 is 1.09 bits per heavy atom. The summed E-state index contributed by atoms with van der Waals surface area (Å²) in [6, 6.07) is 13.3. The molecule has 0 aliphatic carbocycles. The third-order valence-electron chi connectivity index (χ3n) is 3.03. The SMILES string of the molecule is CC(=O)Nc1cccc(C(C)=NNc2ccc([N+](=O)[O-])cc2)c1. The molecule has 0 fully saturated rings. The number of nitrogens with zero attached hydrogens (tertiary/aromatic N) is 2. The highest BCUT2D eigenvalue weighted by Crippen LogP contribution is 2.16. The van der Waals surface area contributed by atoms with E-state index in [2.05, 4.69) is 15.8 Å². The smallest absolute Gasteiger partial charge is 0.269 e. The van der Waals surface area contributed by atoms with Crippen LogP contribution in [0.1, 0.15) is 19.4 Å². The van der Waals surface area contributed by atoms with Crippen molar-refractivity contribution in [3.05, 3.63) is 64.2 Å². The lowest BCUT2D eigenvalue weighted by atomic mass is 10.1. The maximum Gasteiger partial charge on any atom is 0.269 e. The van der Waals surface area contributed by atoms with E-state index < -0.39 is 4.92 Å². The van der Waals surface area contributed by atoms with Gasteiger partial charge in [0.2, 0.25) is 5.91 Å². The summed E-state index contributed by atoms with van der Waals surface area (Å²) >= 11 is 0. The first-order chi connectivity index (χ1) is 11.0. The summed E-state index contributed by atoms with van der Waals surface area (Å²) in [7, 11) is 0. The molecule has 0 radical (unpaired) electrons. The van der Waals surface area contributed by atoms with Crippen molar-refractivity contribution in [2.24, 2.45) is 5.10 Å². The Morgan fingerprint density at radius 3 is 2.39 bits per heavy atom. The van der Waals surface area contributed by atoms with E-state index in [1.54, 1.807) is 18.2 Å². The van der Waals surface area contributed by atoms with E-state index in [-0.39, 0.29) is 11.6 Å². The van der Waals surface area contributed by atoms with Crippen LogP contribution in [0, 0.1) is 10.1 Å². The predicted molar refractivity (Wildman–Crippen MR) is 89.7 cm³/mol. The van der Waals surface area contributed by atoms with E-state index in [1.165, 1.54) is 19.1 Å². The molecule has 7 heteroatoms. The lowest BCUT2D eigenvalue weighted by molar-refractivity contribution is -0.384. The Morgan fingerprint density at radius 2 is 1.78 bits per heavy atom. The number of hydrazone groups is 1. The first-order valence-corrected chi connectivity index (χ1v) is 6.88. The van der Waals surface area contributed by atoms with Crippen LogP contribution in [0.4, 0.5) is 17.1 Å². The third kappa shape index (κ3) is 4.63. The molecule has 0 saturated carbocycles. The molecule has 118 valence electrons. The number of nitrogens with one attached hydrogen (secondary N) is 2. The molecule has 2 rings (SSSR count). The van der Waals surface area contributed by atoms with Gasteiger partial charge in [0.15, 0.2) is 0 Å². The molecule has 2 aromatic rings. The Balaban J connectivity index is 2.10. The van der Waals surface area contributed by atoms with Gasteiger partial charge in [0.1, 0.15) is 0 Å². The summed E-state index contributed by atoms with van der Waals surface area (Å²) in [5.41, 5.74) is 5.79. The zero-order valence-corrected chi connectivity index (χ0v) is 12.7. The van der Waals surface area contributed by atoms with Crippen LogP contribution in [-0.4, -0.2) is 16.5 Å². The fourth-order valence-electron chi connectivity index (χ4n) is 1.90. The average Bonchev–Trinajstić information content (AvgIpc) is 2.52. The maximum absolute atomic E-state index is 11.1. The van der Waals surface area contributed by atoms with Crippen molar-refractivity contribution in [3.63, 3.8) is 0 Å². The van der Waals surface area contributed by atoms with Gasteiger partial charge in [0.05, 0.1) is 16.3 Å². The van der Waals surface area contributed by atoms with Crippen LogP contribution in [-0.2, 0) is 4.79 Å². The number of rotatable bonds is 5. The summed E-state index contributed by atoms with van der Waals surface area (Å²) in [5.74, 6) is -0.138. The highest BCUT2D eigenvalue weighted by molar-refractivity contribution is 6.00. The number of benzene rings is 2. The van der Waals surface area contributed by atoms with Gasteiger partial charge < -0.3 is 5.32 Å². The molecule has 0 spiro atoms. The van der Waals surface area contributed by atoms with Gasteiger partial charge in [-0.05, 0) is 36.8 Å². The van der Waals surface area contributed by atoms with Crippen LogP contribution in [0.2, 0.25) is 0 Å². The minimum Gasteiger partial charge on any atom is -0.326 e. The molecule has 2 N–H and O–H groups in total. The van der Waals surface area contributed by atoms with Crippen LogP contribution in [0.25, 0.3) is 0 Å². The van der Waals surface area contributed by atoms with E-state index in [4.69, 9.17) is 0 Å². The zero-order valence-electron chi connectivity index (χ0n) is 12.7. The number of carbonyl (C=O) groups excluding carboxylic acids is 1. The second-order valence-corrected chi connectivity index (χ2v) is 4.87. The van der Waals surface area contributed by atoms with Gasteiger partial charge in [-0.3, -0.25) is 20.3 Å². The van der Waals surface area contributed by atoms with Gasteiger partial charge >= 0.3 is 0 Å².